The minimum atomic E-state index is -4.02. The van der Waals surface area contributed by atoms with Crippen molar-refractivity contribution in [1.82, 2.24) is 9.62 Å². The highest BCUT2D eigenvalue weighted by Crippen LogP contribution is 2.46. The van der Waals surface area contributed by atoms with Gasteiger partial charge in [-0.05, 0) is 125 Å². The van der Waals surface area contributed by atoms with Gasteiger partial charge in [-0.1, -0.05) is 31.0 Å². The van der Waals surface area contributed by atoms with Gasteiger partial charge in [0, 0.05) is 43.3 Å². The third-order valence-corrected chi connectivity index (χ3v) is 14.0. The SMILES string of the molecule is COCC[C@@H]1[C@@H](C)CCC[C@@H]([C@H]2OC[C@@H](N(C)C)CO2)[C@@H]2CC[C@H]2CN2CCCCc3cc(Cl)ccc3COc3ccc(cc32)C(=O)NS1(=O)=O. The number of amides is 1. The van der Waals surface area contributed by atoms with E-state index in [-0.39, 0.29) is 30.8 Å². The Morgan fingerprint density at radius 1 is 0.980 bits per heavy atom. The Balaban J connectivity index is 1.36. The van der Waals surface area contributed by atoms with Gasteiger partial charge in [-0.25, -0.2) is 13.1 Å². The molecule has 6 rings (SSSR count). The first kappa shape index (κ1) is 38.3. The van der Waals surface area contributed by atoms with Crippen molar-refractivity contribution in [3.8, 4) is 5.75 Å². The number of sulfonamides is 1. The van der Waals surface area contributed by atoms with E-state index in [4.69, 9.17) is 30.5 Å². The lowest BCUT2D eigenvalue weighted by molar-refractivity contribution is -0.240. The quantitative estimate of drug-likeness (QED) is 0.378. The molecule has 2 fully saturated rings. The van der Waals surface area contributed by atoms with E-state index in [1.807, 2.05) is 37.3 Å². The lowest BCUT2D eigenvalue weighted by atomic mass is 9.65. The summed E-state index contributed by atoms with van der Waals surface area (Å²) in [6.45, 7) is 5.48. The van der Waals surface area contributed by atoms with E-state index in [2.05, 4.69) is 28.6 Å². The highest BCUT2D eigenvalue weighted by Gasteiger charge is 2.44. The van der Waals surface area contributed by atoms with Crippen molar-refractivity contribution in [3.05, 3.63) is 58.1 Å². The van der Waals surface area contributed by atoms with Gasteiger partial charge in [-0.2, -0.15) is 0 Å². The van der Waals surface area contributed by atoms with Gasteiger partial charge in [0.1, 0.15) is 12.4 Å². The summed E-state index contributed by atoms with van der Waals surface area (Å²) >= 11 is 6.39. The fourth-order valence-corrected chi connectivity index (χ4v) is 10.3. The largest absolute Gasteiger partial charge is 0.487 e. The molecule has 1 N–H and O–H groups in total. The van der Waals surface area contributed by atoms with Gasteiger partial charge in [-0.15, -0.1) is 0 Å². The number of halogens is 1. The summed E-state index contributed by atoms with van der Waals surface area (Å²) in [5, 5.41) is -0.0613. The molecule has 10 nitrogen and oxygen atoms in total. The first-order valence-corrected chi connectivity index (χ1v) is 20.7. The predicted octanol–water partition coefficient (Wildman–Crippen LogP) is 6.29. The van der Waals surface area contributed by atoms with Crippen LogP contribution in [0.3, 0.4) is 0 Å². The van der Waals surface area contributed by atoms with E-state index < -0.39 is 21.2 Å². The van der Waals surface area contributed by atoms with Gasteiger partial charge in [0.15, 0.2) is 6.29 Å². The van der Waals surface area contributed by atoms with Crippen LogP contribution >= 0.6 is 11.6 Å². The van der Waals surface area contributed by atoms with Gasteiger partial charge >= 0.3 is 0 Å². The molecule has 0 radical (unpaired) electrons. The average molecular weight is 746 g/mol. The lowest BCUT2D eigenvalue weighted by Crippen LogP contribution is -2.50. The van der Waals surface area contributed by atoms with Crippen LogP contribution in [0, 0.1) is 23.7 Å². The maximum Gasteiger partial charge on any atom is 0.264 e. The Labute approximate surface area is 309 Å². The number of anilines is 1. The molecule has 1 aliphatic carbocycles. The molecule has 2 aromatic carbocycles. The van der Waals surface area contributed by atoms with Crippen LogP contribution in [0.25, 0.3) is 0 Å². The molecule has 1 saturated carbocycles. The van der Waals surface area contributed by atoms with E-state index in [0.717, 1.165) is 69.3 Å². The number of rotatable bonds is 5. The molecule has 282 valence electrons. The van der Waals surface area contributed by atoms with E-state index in [0.29, 0.717) is 60.8 Å². The fourth-order valence-electron chi connectivity index (χ4n) is 8.46. The second-order valence-electron chi connectivity index (χ2n) is 15.3. The molecule has 2 aromatic rings. The van der Waals surface area contributed by atoms with Crippen LogP contribution in [0.5, 0.6) is 5.75 Å². The molecular formula is C39H56ClN3O7S. The van der Waals surface area contributed by atoms with Crippen LogP contribution in [0.1, 0.15) is 79.8 Å². The topological polar surface area (TPSA) is 107 Å². The highest BCUT2D eigenvalue weighted by atomic mass is 35.5. The summed E-state index contributed by atoms with van der Waals surface area (Å²) in [4.78, 5) is 18.3. The number of ether oxygens (including phenoxy) is 4. The molecule has 5 atom stereocenters. The molecule has 12 heteroatoms. The van der Waals surface area contributed by atoms with Crippen molar-refractivity contribution in [1.29, 1.82) is 0 Å². The van der Waals surface area contributed by atoms with E-state index in [1.54, 1.807) is 13.2 Å². The molecule has 0 unspecified atom stereocenters. The Morgan fingerprint density at radius 2 is 1.78 bits per heavy atom. The molecule has 2 bridgehead atoms. The van der Waals surface area contributed by atoms with Crippen molar-refractivity contribution in [2.24, 2.45) is 23.7 Å². The third-order valence-electron chi connectivity index (χ3n) is 11.8. The van der Waals surface area contributed by atoms with Gasteiger partial charge in [-0.3, -0.25) is 4.79 Å². The van der Waals surface area contributed by atoms with Crippen LogP contribution in [-0.2, 0) is 37.3 Å². The van der Waals surface area contributed by atoms with E-state index in [9.17, 15) is 13.2 Å². The number of carbonyl (C=O) groups excluding carboxylic acids is 1. The fraction of sp³-hybridized carbons (Fsp3) is 0.667. The number of benzene rings is 2. The maximum atomic E-state index is 13.9. The molecule has 3 heterocycles. The summed E-state index contributed by atoms with van der Waals surface area (Å²) in [7, 11) is 1.67. The van der Waals surface area contributed by atoms with E-state index >= 15 is 0 Å². The zero-order chi connectivity index (χ0) is 36.1. The molecule has 51 heavy (non-hydrogen) atoms. The van der Waals surface area contributed by atoms with Crippen LogP contribution in [0.4, 0.5) is 5.69 Å². The number of nitrogens with zero attached hydrogens (tertiary/aromatic N) is 2. The zero-order valence-corrected chi connectivity index (χ0v) is 32.2. The molecule has 1 saturated heterocycles. The van der Waals surface area contributed by atoms with Crippen molar-refractivity contribution in [3.63, 3.8) is 0 Å². The molecule has 0 aromatic heterocycles. The molecule has 0 spiro atoms. The molecular weight excluding hydrogens is 690 g/mol. The number of likely N-dealkylation sites (N-methyl/N-ethyl adjacent to an activating group) is 1. The van der Waals surface area contributed by atoms with Gasteiger partial charge in [0.25, 0.3) is 5.91 Å². The number of nitrogens with one attached hydrogen (secondary N) is 1. The zero-order valence-electron chi connectivity index (χ0n) is 30.7. The first-order valence-electron chi connectivity index (χ1n) is 18.8. The first-order chi connectivity index (χ1) is 24.5. The number of hydrogen-bond acceptors (Lipinski definition) is 9. The van der Waals surface area contributed by atoms with Gasteiger partial charge in [0.2, 0.25) is 10.0 Å². The molecule has 1 amide bonds. The van der Waals surface area contributed by atoms with E-state index in [1.165, 1.54) is 5.56 Å². The normalized spacial score (nSPS) is 30.5. The van der Waals surface area contributed by atoms with Crippen molar-refractivity contribution < 1.29 is 32.2 Å². The third kappa shape index (κ3) is 9.22. The monoisotopic (exact) mass is 745 g/mol. The van der Waals surface area contributed by atoms with Crippen LogP contribution in [-0.4, -0.2) is 90.9 Å². The number of methoxy groups -OCH3 is 1. The predicted molar refractivity (Wildman–Crippen MR) is 200 cm³/mol. The van der Waals surface area contributed by atoms with Gasteiger partial charge < -0.3 is 28.7 Å². The maximum absolute atomic E-state index is 13.9. The summed E-state index contributed by atoms with van der Waals surface area (Å²) < 4.78 is 55.1. The summed E-state index contributed by atoms with van der Waals surface area (Å²) in [5.74, 6) is 0.884. The summed E-state index contributed by atoms with van der Waals surface area (Å²) in [5.41, 5.74) is 3.38. The Hall–Kier alpha value is -2.41. The van der Waals surface area contributed by atoms with Crippen molar-refractivity contribution >= 4 is 33.2 Å². The second-order valence-corrected chi connectivity index (χ2v) is 17.6. The standard InChI is InChI=1S/C39H56ClN3O7S/c1-26-8-7-10-34(39-49-24-32(25-50-39)42(2)3)33-15-12-29(33)22-43-18-6-5-9-27-20-31(40)14-11-30(27)23-48-36-16-13-28(21-35(36)43)38(44)41-51(45,46)37(26)17-19-47-4/h11,13-14,16,20-21,26,29,32-34,37,39H,5-10,12,15,17-19,22-25H2,1-4H3,(H,41,44)/t26-,29-,32-,33+,34+,37+,39+/m0/s1. The van der Waals surface area contributed by atoms with Crippen LogP contribution < -0.4 is 14.4 Å². The lowest BCUT2D eigenvalue weighted by Gasteiger charge is -2.48. The van der Waals surface area contributed by atoms with Crippen molar-refractivity contribution in [2.75, 3.05) is 59.0 Å². The van der Waals surface area contributed by atoms with Gasteiger partial charge in [0.05, 0.1) is 30.2 Å². The Bertz CT molecular complexity index is 1600. The van der Waals surface area contributed by atoms with Crippen LogP contribution in [0.2, 0.25) is 5.02 Å². The second kappa shape index (κ2) is 17.2. The van der Waals surface area contributed by atoms with Crippen LogP contribution in [0.15, 0.2) is 36.4 Å². The minimum Gasteiger partial charge on any atom is -0.487 e. The number of fused-ring (bicyclic) bond motifs is 3. The Kier molecular flexibility index (Phi) is 12.9. The van der Waals surface area contributed by atoms with Crippen molar-refractivity contribution in [2.45, 2.75) is 88.9 Å². The number of carbonyl (C=O) groups is 1. The molecule has 3 aliphatic heterocycles. The molecule has 4 aliphatic rings. The summed E-state index contributed by atoms with van der Waals surface area (Å²) in [6.07, 6.45) is 7.48. The average Bonchev–Trinajstić information content (AvgIpc) is 3.12. The summed E-state index contributed by atoms with van der Waals surface area (Å²) in [6, 6.07) is 11.5. The number of aryl methyl sites for hydroxylation is 1. The minimum absolute atomic E-state index is 0.184. The smallest absolute Gasteiger partial charge is 0.264 e. The highest BCUT2D eigenvalue weighted by molar-refractivity contribution is 7.90. The number of hydrogen-bond donors (Lipinski definition) is 1. The Morgan fingerprint density at radius 3 is 2.51 bits per heavy atom.